The summed E-state index contributed by atoms with van der Waals surface area (Å²) in [5.41, 5.74) is 1.27. The van der Waals surface area contributed by atoms with Gasteiger partial charge in [-0.3, -0.25) is 4.68 Å². The molecule has 1 unspecified atom stereocenters. The molecule has 0 radical (unpaired) electrons. The number of hydrogen-bond donors (Lipinski definition) is 1. The van der Waals surface area contributed by atoms with Crippen LogP contribution in [0.5, 0.6) is 0 Å². The molecule has 1 N–H and O–H groups in total. The fourth-order valence-electron chi connectivity index (χ4n) is 1.77. The molecule has 98 valence electrons. The van der Waals surface area contributed by atoms with E-state index < -0.39 is 0 Å². The molecule has 0 saturated heterocycles. The van der Waals surface area contributed by atoms with Crippen LogP contribution in [0.3, 0.4) is 0 Å². The number of nitrogens with zero attached hydrogens (tertiary/aromatic N) is 2. The Labute approximate surface area is 104 Å². The molecule has 1 heterocycles. The molecule has 1 aromatic rings. The van der Waals surface area contributed by atoms with Crippen molar-refractivity contribution in [3.63, 3.8) is 0 Å². The molecule has 0 aliphatic carbocycles. The summed E-state index contributed by atoms with van der Waals surface area (Å²) in [5, 5.41) is 7.72. The van der Waals surface area contributed by atoms with Gasteiger partial charge in [0, 0.05) is 25.9 Å². The molecule has 0 saturated carbocycles. The van der Waals surface area contributed by atoms with Crippen LogP contribution >= 0.6 is 0 Å². The first-order valence-electron chi connectivity index (χ1n) is 6.54. The molecule has 0 amide bonds. The standard InChI is InChI=1S/C13H25N3O/c1-4-6-14-13(11-17-7-5-2)8-12-9-15-16(3)10-12/h9-10,13-14H,4-8,11H2,1-3H3. The second-order valence-electron chi connectivity index (χ2n) is 4.45. The average Bonchev–Trinajstić information content (AvgIpc) is 2.72. The highest BCUT2D eigenvalue weighted by Crippen LogP contribution is 2.03. The maximum Gasteiger partial charge on any atom is 0.0622 e. The average molecular weight is 239 g/mol. The van der Waals surface area contributed by atoms with E-state index in [0.717, 1.165) is 39.0 Å². The number of rotatable bonds is 9. The van der Waals surface area contributed by atoms with E-state index in [1.54, 1.807) is 0 Å². The van der Waals surface area contributed by atoms with Crippen LogP contribution in [0.2, 0.25) is 0 Å². The predicted octanol–water partition coefficient (Wildman–Crippen LogP) is 1.76. The fraction of sp³-hybridized carbons (Fsp3) is 0.769. The van der Waals surface area contributed by atoms with E-state index in [2.05, 4.69) is 30.5 Å². The molecule has 0 fully saturated rings. The second-order valence-corrected chi connectivity index (χ2v) is 4.45. The Bertz CT molecular complexity index is 299. The molecule has 4 heteroatoms. The molecule has 0 aliphatic rings. The Hall–Kier alpha value is -0.870. The van der Waals surface area contributed by atoms with Crippen LogP contribution in [0.4, 0.5) is 0 Å². The highest BCUT2D eigenvalue weighted by molar-refractivity contribution is 5.05. The van der Waals surface area contributed by atoms with E-state index in [9.17, 15) is 0 Å². The summed E-state index contributed by atoms with van der Waals surface area (Å²) in [7, 11) is 1.95. The van der Waals surface area contributed by atoms with Gasteiger partial charge in [0.15, 0.2) is 0 Å². The monoisotopic (exact) mass is 239 g/mol. The van der Waals surface area contributed by atoms with Crippen LogP contribution in [-0.4, -0.2) is 35.6 Å². The lowest BCUT2D eigenvalue weighted by Gasteiger charge is -2.17. The topological polar surface area (TPSA) is 39.1 Å². The van der Waals surface area contributed by atoms with Crippen molar-refractivity contribution in [1.82, 2.24) is 15.1 Å². The first-order chi connectivity index (χ1) is 8.26. The van der Waals surface area contributed by atoms with Crippen molar-refractivity contribution in [1.29, 1.82) is 0 Å². The number of hydrogen-bond acceptors (Lipinski definition) is 3. The number of aromatic nitrogens is 2. The lowest BCUT2D eigenvalue weighted by molar-refractivity contribution is 0.111. The van der Waals surface area contributed by atoms with Gasteiger partial charge in [-0.05, 0) is 31.4 Å². The Morgan fingerprint density at radius 1 is 1.41 bits per heavy atom. The Morgan fingerprint density at radius 2 is 2.24 bits per heavy atom. The van der Waals surface area contributed by atoms with Gasteiger partial charge in [0.05, 0.1) is 12.8 Å². The van der Waals surface area contributed by atoms with Crippen LogP contribution in [0.15, 0.2) is 12.4 Å². The molecular weight excluding hydrogens is 214 g/mol. The third-order valence-corrected chi connectivity index (χ3v) is 2.59. The lowest BCUT2D eigenvalue weighted by Crippen LogP contribution is -2.36. The van der Waals surface area contributed by atoms with E-state index in [1.165, 1.54) is 5.56 Å². The van der Waals surface area contributed by atoms with Crippen molar-refractivity contribution in [2.45, 2.75) is 39.2 Å². The minimum atomic E-state index is 0.394. The van der Waals surface area contributed by atoms with Gasteiger partial charge in [-0.15, -0.1) is 0 Å². The fourth-order valence-corrected chi connectivity index (χ4v) is 1.77. The number of aryl methyl sites for hydroxylation is 1. The first-order valence-corrected chi connectivity index (χ1v) is 6.54. The molecule has 0 spiro atoms. The normalized spacial score (nSPS) is 12.9. The SMILES string of the molecule is CCCNC(COCCC)Cc1cnn(C)c1. The van der Waals surface area contributed by atoms with Crippen molar-refractivity contribution in [2.24, 2.45) is 7.05 Å². The Kier molecular flexibility index (Phi) is 6.89. The van der Waals surface area contributed by atoms with E-state index in [-0.39, 0.29) is 0 Å². The van der Waals surface area contributed by atoms with E-state index in [4.69, 9.17) is 4.74 Å². The van der Waals surface area contributed by atoms with Crippen molar-refractivity contribution in [3.8, 4) is 0 Å². The summed E-state index contributed by atoms with van der Waals surface area (Å²) < 4.78 is 7.48. The quantitative estimate of drug-likeness (QED) is 0.667. The Morgan fingerprint density at radius 3 is 2.82 bits per heavy atom. The van der Waals surface area contributed by atoms with Gasteiger partial charge in [-0.2, -0.15) is 5.10 Å². The molecule has 1 rings (SSSR count). The van der Waals surface area contributed by atoms with Crippen LogP contribution in [0, 0.1) is 0 Å². The number of nitrogens with one attached hydrogen (secondary N) is 1. The summed E-state index contributed by atoms with van der Waals surface area (Å²) in [6, 6.07) is 0.394. The molecule has 0 aliphatic heterocycles. The maximum absolute atomic E-state index is 5.63. The van der Waals surface area contributed by atoms with Gasteiger partial charge in [0.25, 0.3) is 0 Å². The summed E-state index contributed by atoms with van der Waals surface area (Å²) in [4.78, 5) is 0. The molecule has 0 bridgehead atoms. The smallest absolute Gasteiger partial charge is 0.0622 e. The number of ether oxygens (including phenoxy) is 1. The van der Waals surface area contributed by atoms with Crippen LogP contribution < -0.4 is 5.32 Å². The van der Waals surface area contributed by atoms with Crippen LogP contribution in [-0.2, 0) is 18.2 Å². The van der Waals surface area contributed by atoms with Gasteiger partial charge in [-0.1, -0.05) is 13.8 Å². The van der Waals surface area contributed by atoms with Gasteiger partial charge in [0.1, 0.15) is 0 Å². The zero-order valence-corrected chi connectivity index (χ0v) is 11.3. The molecule has 4 nitrogen and oxygen atoms in total. The van der Waals surface area contributed by atoms with Gasteiger partial charge < -0.3 is 10.1 Å². The highest BCUT2D eigenvalue weighted by Gasteiger charge is 2.10. The minimum absolute atomic E-state index is 0.394. The summed E-state index contributed by atoms with van der Waals surface area (Å²) in [6.07, 6.45) is 7.21. The maximum atomic E-state index is 5.63. The lowest BCUT2D eigenvalue weighted by atomic mass is 10.1. The minimum Gasteiger partial charge on any atom is -0.380 e. The highest BCUT2D eigenvalue weighted by atomic mass is 16.5. The Balaban J connectivity index is 2.38. The first kappa shape index (κ1) is 14.2. The summed E-state index contributed by atoms with van der Waals surface area (Å²) >= 11 is 0. The van der Waals surface area contributed by atoms with Crippen LogP contribution in [0.1, 0.15) is 32.3 Å². The van der Waals surface area contributed by atoms with E-state index in [0.29, 0.717) is 6.04 Å². The molecule has 1 atom stereocenters. The zero-order chi connectivity index (χ0) is 12.5. The molecule has 17 heavy (non-hydrogen) atoms. The third-order valence-electron chi connectivity index (χ3n) is 2.59. The van der Waals surface area contributed by atoms with Gasteiger partial charge >= 0.3 is 0 Å². The molecule has 0 aromatic carbocycles. The third kappa shape index (κ3) is 5.84. The van der Waals surface area contributed by atoms with E-state index in [1.807, 2.05) is 17.9 Å². The summed E-state index contributed by atoms with van der Waals surface area (Å²) in [5.74, 6) is 0. The largest absolute Gasteiger partial charge is 0.380 e. The van der Waals surface area contributed by atoms with Crippen molar-refractivity contribution in [2.75, 3.05) is 19.8 Å². The van der Waals surface area contributed by atoms with E-state index >= 15 is 0 Å². The zero-order valence-electron chi connectivity index (χ0n) is 11.3. The molecular formula is C13H25N3O. The van der Waals surface area contributed by atoms with Crippen molar-refractivity contribution >= 4 is 0 Å². The van der Waals surface area contributed by atoms with Gasteiger partial charge in [-0.25, -0.2) is 0 Å². The van der Waals surface area contributed by atoms with Gasteiger partial charge in [0.2, 0.25) is 0 Å². The van der Waals surface area contributed by atoms with Crippen LogP contribution in [0.25, 0.3) is 0 Å². The van der Waals surface area contributed by atoms with Crippen molar-refractivity contribution < 1.29 is 4.74 Å². The van der Waals surface area contributed by atoms with Crippen molar-refractivity contribution in [3.05, 3.63) is 18.0 Å². The summed E-state index contributed by atoms with van der Waals surface area (Å²) in [6.45, 7) is 6.98. The molecule has 1 aromatic heterocycles. The second kappa shape index (κ2) is 8.25. The predicted molar refractivity (Wildman–Crippen MR) is 70.1 cm³/mol.